The minimum atomic E-state index is 0.323. The summed E-state index contributed by atoms with van der Waals surface area (Å²) in [6.45, 7) is 4.62. The highest BCUT2D eigenvalue weighted by Crippen LogP contribution is 2.15. The van der Waals surface area contributed by atoms with Crippen molar-refractivity contribution in [2.75, 3.05) is 18.6 Å². The number of rotatable bonds is 5. The zero-order valence-electron chi connectivity index (χ0n) is 8.93. The molecule has 82 valence electrons. The average Bonchev–Trinajstić information content (AvgIpc) is 2.28. The maximum atomic E-state index is 10.8. The smallest absolute Gasteiger partial charge is 0.147 e. The van der Waals surface area contributed by atoms with Gasteiger partial charge in [0.05, 0.1) is 11.8 Å². The topological polar surface area (TPSA) is 59.7 Å². The Kier molecular flexibility index (Phi) is 4.40. The number of ether oxygens (including phenoxy) is 1. The van der Waals surface area contributed by atoms with Crippen LogP contribution in [0.1, 0.15) is 13.8 Å². The van der Waals surface area contributed by atoms with Crippen molar-refractivity contribution in [2.45, 2.75) is 13.8 Å². The molecule has 0 atom stereocenters. The van der Waals surface area contributed by atoms with Gasteiger partial charge in [-0.15, -0.1) is 5.43 Å². The van der Waals surface area contributed by atoms with Gasteiger partial charge in [0, 0.05) is 0 Å². The van der Waals surface area contributed by atoms with Crippen molar-refractivity contribution in [3.05, 3.63) is 29.5 Å². The van der Waals surface area contributed by atoms with Gasteiger partial charge in [0.1, 0.15) is 18.0 Å². The third kappa shape index (κ3) is 3.84. The summed E-state index contributed by atoms with van der Waals surface area (Å²) < 4.78 is 5.28. The summed E-state index contributed by atoms with van der Waals surface area (Å²) >= 11 is 0. The van der Waals surface area contributed by atoms with E-state index in [2.05, 4.69) is 10.6 Å². The molecule has 0 radical (unpaired) electrons. The highest BCUT2D eigenvalue weighted by molar-refractivity contribution is 5.45. The van der Waals surface area contributed by atoms with Gasteiger partial charge in [0.25, 0.3) is 0 Å². The lowest BCUT2D eigenvalue weighted by molar-refractivity contribution is -0.524. The van der Waals surface area contributed by atoms with Gasteiger partial charge in [0.2, 0.25) is 0 Å². The van der Waals surface area contributed by atoms with Crippen molar-refractivity contribution in [1.82, 2.24) is 0 Å². The Morgan fingerprint density at radius 2 is 2.00 bits per heavy atom. The van der Waals surface area contributed by atoms with Crippen LogP contribution >= 0.6 is 0 Å². The van der Waals surface area contributed by atoms with Crippen molar-refractivity contribution in [1.29, 1.82) is 0 Å². The van der Waals surface area contributed by atoms with Crippen LogP contribution in [-0.2, 0) is 0 Å². The van der Waals surface area contributed by atoms with E-state index in [9.17, 15) is 5.21 Å². The fraction of sp³-hybridized carbons (Fsp3) is 0.400. The molecule has 0 unspecified atom stereocenters. The molecule has 1 N–H and O–H groups in total. The molecular formula is C10H15N3O2. The second kappa shape index (κ2) is 5.85. The molecule has 1 aromatic rings. The Bertz CT molecular complexity index is 322. The molecule has 0 fully saturated rings. The Balaban J connectivity index is 2.56. The lowest BCUT2D eigenvalue weighted by atomic mass is 10.3. The predicted molar refractivity (Wildman–Crippen MR) is 57.8 cm³/mol. The SMILES string of the molecule is CCOc1ccc(NN=[N+]([O-])CC)cc1. The summed E-state index contributed by atoms with van der Waals surface area (Å²) in [6.07, 6.45) is 0. The maximum absolute atomic E-state index is 10.8. The first-order valence-electron chi connectivity index (χ1n) is 4.90. The Morgan fingerprint density at radius 1 is 1.33 bits per heavy atom. The molecule has 0 aliphatic heterocycles. The molecular weight excluding hydrogens is 194 g/mol. The standard InChI is InChI=1S/C10H15N3O2/c1-3-13(14)12-11-9-5-7-10(8-6-9)15-4-2/h5-8,11H,3-4H2,1-2H3. The van der Waals surface area contributed by atoms with Gasteiger partial charge in [-0.3, -0.25) is 0 Å². The Labute approximate surface area is 88.9 Å². The summed E-state index contributed by atoms with van der Waals surface area (Å²) in [4.78, 5) is 0.580. The number of hydrogen-bond acceptors (Lipinski definition) is 3. The van der Waals surface area contributed by atoms with Crippen molar-refractivity contribution in [3.63, 3.8) is 0 Å². The number of benzene rings is 1. The Morgan fingerprint density at radius 3 is 2.53 bits per heavy atom. The van der Waals surface area contributed by atoms with Gasteiger partial charge >= 0.3 is 0 Å². The average molecular weight is 209 g/mol. The number of hydroxylamine groups is 1. The number of hydrogen-bond donors (Lipinski definition) is 1. The number of anilines is 1. The fourth-order valence-electron chi connectivity index (χ4n) is 0.977. The first-order valence-corrected chi connectivity index (χ1v) is 4.90. The van der Waals surface area contributed by atoms with Gasteiger partial charge in [-0.05, 0) is 38.1 Å². The first-order chi connectivity index (χ1) is 7.26. The van der Waals surface area contributed by atoms with E-state index in [4.69, 9.17) is 4.74 Å². The first kappa shape index (κ1) is 11.3. The van der Waals surface area contributed by atoms with Gasteiger partial charge < -0.3 is 9.94 Å². The molecule has 0 aliphatic rings. The molecule has 0 saturated heterocycles. The zero-order valence-corrected chi connectivity index (χ0v) is 8.93. The van der Waals surface area contributed by atoms with E-state index < -0.39 is 0 Å². The lowest BCUT2D eigenvalue weighted by Gasteiger charge is -2.03. The van der Waals surface area contributed by atoms with E-state index >= 15 is 0 Å². The highest BCUT2D eigenvalue weighted by atomic mass is 16.5. The summed E-state index contributed by atoms with van der Waals surface area (Å²) in [5, 5.41) is 14.4. The van der Waals surface area contributed by atoms with Crippen LogP contribution in [0.4, 0.5) is 5.69 Å². The van der Waals surface area contributed by atoms with Crippen molar-refractivity contribution in [3.8, 4) is 5.75 Å². The molecule has 15 heavy (non-hydrogen) atoms. The molecule has 0 heterocycles. The van der Waals surface area contributed by atoms with Gasteiger partial charge in [-0.1, -0.05) is 0 Å². The quantitative estimate of drug-likeness (QED) is 0.460. The molecule has 0 saturated carbocycles. The molecule has 1 aromatic carbocycles. The van der Waals surface area contributed by atoms with Crippen LogP contribution in [0.25, 0.3) is 0 Å². The van der Waals surface area contributed by atoms with E-state index in [0.29, 0.717) is 18.0 Å². The molecule has 0 aliphatic carbocycles. The third-order valence-corrected chi connectivity index (χ3v) is 1.73. The van der Waals surface area contributed by atoms with Crippen molar-refractivity contribution in [2.24, 2.45) is 5.22 Å². The maximum Gasteiger partial charge on any atom is 0.147 e. The van der Waals surface area contributed by atoms with Crippen molar-refractivity contribution < 1.29 is 9.60 Å². The van der Waals surface area contributed by atoms with E-state index in [1.165, 1.54) is 0 Å². The summed E-state index contributed by atoms with van der Waals surface area (Å²) in [5.74, 6) is 0.803. The molecule has 5 heteroatoms. The fourth-order valence-corrected chi connectivity index (χ4v) is 0.977. The van der Waals surface area contributed by atoms with Gasteiger partial charge in [0.15, 0.2) is 0 Å². The summed E-state index contributed by atoms with van der Waals surface area (Å²) in [6, 6.07) is 7.25. The molecule has 0 amide bonds. The third-order valence-electron chi connectivity index (χ3n) is 1.73. The zero-order chi connectivity index (χ0) is 11.1. The van der Waals surface area contributed by atoms with Crippen LogP contribution in [0.5, 0.6) is 5.75 Å². The molecule has 0 spiro atoms. The second-order valence-corrected chi connectivity index (χ2v) is 2.84. The molecule has 5 nitrogen and oxygen atoms in total. The lowest BCUT2D eigenvalue weighted by Crippen LogP contribution is -2.02. The normalized spacial score (nSPS) is 11.2. The van der Waals surface area contributed by atoms with Gasteiger partial charge in [-0.2, -0.15) is 4.86 Å². The highest BCUT2D eigenvalue weighted by Gasteiger charge is 1.96. The van der Waals surface area contributed by atoms with Crippen LogP contribution < -0.4 is 10.2 Å². The summed E-state index contributed by atoms with van der Waals surface area (Å²) in [5.41, 5.74) is 3.40. The predicted octanol–water partition coefficient (Wildman–Crippen LogP) is 2.39. The second-order valence-electron chi connectivity index (χ2n) is 2.84. The summed E-state index contributed by atoms with van der Waals surface area (Å²) in [7, 11) is 0. The monoisotopic (exact) mass is 209 g/mol. The van der Waals surface area contributed by atoms with Crippen LogP contribution in [0.15, 0.2) is 29.5 Å². The molecule has 0 aromatic heterocycles. The van der Waals surface area contributed by atoms with Crippen molar-refractivity contribution >= 4 is 5.69 Å². The van der Waals surface area contributed by atoms with Gasteiger partial charge in [-0.25, -0.2) is 0 Å². The van der Waals surface area contributed by atoms with E-state index in [-0.39, 0.29) is 0 Å². The van der Waals surface area contributed by atoms with Crippen LogP contribution in [-0.4, -0.2) is 18.0 Å². The minimum Gasteiger partial charge on any atom is -0.696 e. The number of nitrogens with zero attached hydrogens (tertiary/aromatic N) is 2. The Hall–Kier alpha value is -1.78. The molecule has 1 rings (SSSR count). The van der Waals surface area contributed by atoms with E-state index in [1.807, 2.05) is 19.1 Å². The minimum absolute atomic E-state index is 0.323. The van der Waals surface area contributed by atoms with Crippen LogP contribution in [0.2, 0.25) is 0 Å². The largest absolute Gasteiger partial charge is 0.696 e. The number of nitrogens with one attached hydrogen (secondary N) is 1. The van der Waals surface area contributed by atoms with E-state index in [0.717, 1.165) is 11.4 Å². The van der Waals surface area contributed by atoms with Crippen LogP contribution in [0, 0.1) is 5.21 Å². The van der Waals surface area contributed by atoms with Crippen LogP contribution in [0.3, 0.4) is 0 Å². The molecule has 0 bridgehead atoms. The van der Waals surface area contributed by atoms with E-state index in [1.54, 1.807) is 19.1 Å².